The Balaban J connectivity index is 1.82. The number of rotatable bonds is 4. The van der Waals surface area contributed by atoms with Crippen LogP contribution in [0.5, 0.6) is 0 Å². The Labute approximate surface area is 122 Å². The molecular weight excluding hydrogens is 274 g/mol. The van der Waals surface area contributed by atoms with E-state index in [1.807, 2.05) is 18.8 Å². The first-order valence-corrected chi connectivity index (χ1v) is 8.69. The summed E-state index contributed by atoms with van der Waals surface area (Å²) in [6.45, 7) is 2.12. The number of anilines is 1. The zero-order valence-electron chi connectivity index (χ0n) is 11.4. The standard InChI is InChI=1S/C14H19N3S2/c1-9-7-11-13(15-2)16-12(17-14(11)19-9)8-18-10-5-3-4-6-10/h7,10H,3-6,8H2,1-2H3,(H,15,16,17). The molecule has 1 saturated carbocycles. The molecule has 1 aliphatic rings. The van der Waals surface area contributed by atoms with Gasteiger partial charge in [0.25, 0.3) is 0 Å². The molecule has 0 bridgehead atoms. The molecule has 0 atom stereocenters. The van der Waals surface area contributed by atoms with E-state index < -0.39 is 0 Å². The van der Waals surface area contributed by atoms with Gasteiger partial charge in [-0.2, -0.15) is 11.8 Å². The lowest BCUT2D eigenvalue weighted by Gasteiger charge is -2.09. The Kier molecular flexibility index (Phi) is 3.93. The van der Waals surface area contributed by atoms with E-state index in [4.69, 9.17) is 4.98 Å². The van der Waals surface area contributed by atoms with E-state index in [1.165, 1.54) is 30.6 Å². The summed E-state index contributed by atoms with van der Waals surface area (Å²) in [7, 11) is 1.93. The Morgan fingerprint density at radius 2 is 2.16 bits per heavy atom. The van der Waals surface area contributed by atoms with Crippen LogP contribution in [0.25, 0.3) is 10.2 Å². The van der Waals surface area contributed by atoms with Gasteiger partial charge in [0.2, 0.25) is 0 Å². The lowest BCUT2D eigenvalue weighted by Crippen LogP contribution is -2.01. The highest BCUT2D eigenvalue weighted by Crippen LogP contribution is 2.33. The molecule has 2 aromatic rings. The maximum Gasteiger partial charge on any atom is 0.142 e. The van der Waals surface area contributed by atoms with Crippen molar-refractivity contribution in [3.8, 4) is 0 Å². The molecule has 0 unspecified atom stereocenters. The van der Waals surface area contributed by atoms with Gasteiger partial charge >= 0.3 is 0 Å². The molecule has 1 aliphatic carbocycles. The Hall–Kier alpha value is -0.810. The van der Waals surface area contributed by atoms with Gasteiger partial charge in [0, 0.05) is 17.2 Å². The van der Waals surface area contributed by atoms with Crippen molar-refractivity contribution in [1.82, 2.24) is 9.97 Å². The third-order valence-corrected chi connectivity index (χ3v) is 5.86. The second kappa shape index (κ2) is 5.67. The van der Waals surface area contributed by atoms with Crippen molar-refractivity contribution < 1.29 is 0 Å². The number of aryl methyl sites for hydroxylation is 1. The van der Waals surface area contributed by atoms with Crippen LogP contribution in [-0.4, -0.2) is 22.3 Å². The highest BCUT2D eigenvalue weighted by Gasteiger charge is 2.16. The number of thioether (sulfide) groups is 1. The lowest BCUT2D eigenvalue weighted by atomic mass is 10.3. The molecule has 102 valence electrons. The van der Waals surface area contributed by atoms with E-state index in [0.717, 1.165) is 32.9 Å². The van der Waals surface area contributed by atoms with Gasteiger partial charge in [-0.05, 0) is 25.8 Å². The minimum atomic E-state index is 0.822. The SMILES string of the molecule is CNc1nc(CSC2CCCC2)nc2sc(C)cc12. The third kappa shape index (κ3) is 2.87. The highest BCUT2D eigenvalue weighted by atomic mass is 32.2. The summed E-state index contributed by atoms with van der Waals surface area (Å²) in [6.07, 6.45) is 5.51. The molecule has 0 amide bonds. The van der Waals surface area contributed by atoms with E-state index >= 15 is 0 Å². The molecule has 0 saturated heterocycles. The number of nitrogens with one attached hydrogen (secondary N) is 1. The Bertz CT molecular complexity index is 573. The first kappa shape index (κ1) is 13.2. The van der Waals surface area contributed by atoms with Gasteiger partial charge < -0.3 is 5.32 Å². The van der Waals surface area contributed by atoms with Crippen molar-refractivity contribution in [2.75, 3.05) is 12.4 Å². The van der Waals surface area contributed by atoms with Crippen molar-refractivity contribution in [2.24, 2.45) is 0 Å². The van der Waals surface area contributed by atoms with Crippen molar-refractivity contribution in [3.63, 3.8) is 0 Å². The fourth-order valence-electron chi connectivity index (χ4n) is 2.59. The normalized spacial score (nSPS) is 16.3. The fraction of sp³-hybridized carbons (Fsp3) is 0.571. The molecule has 0 spiro atoms. The zero-order chi connectivity index (χ0) is 13.2. The van der Waals surface area contributed by atoms with Crippen molar-refractivity contribution in [3.05, 3.63) is 16.8 Å². The van der Waals surface area contributed by atoms with Crippen LogP contribution in [0.15, 0.2) is 6.07 Å². The molecule has 0 radical (unpaired) electrons. The molecule has 3 nitrogen and oxygen atoms in total. The van der Waals surface area contributed by atoms with Crippen LogP contribution < -0.4 is 5.32 Å². The van der Waals surface area contributed by atoms with Crippen molar-refractivity contribution >= 4 is 39.1 Å². The van der Waals surface area contributed by atoms with Gasteiger partial charge in [0.1, 0.15) is 16.5 Å². The Morgan fingerprint density at radius 3 is 2.89 bits per heavy atom. The molecule has 3 rings (SSSR count). The fourth-order valence-corrected chi connectivity index (χ4v) is 4.67. The molecular formula is C14H19N3S2. The van der Waals surface area contributed by atoms with E-state index in [1.54, 1.807) is 11.3 Å². The Morgan fingerprint density at radius 1 is 1.37 bits per heavy atom. The monoisotopic (exact) mass is 293 g/mol. The summed E-state index contributed by atoms with van der Waals surface area (Å²) in [5, 5.41) is 5.17. The number of hydrogen-bond donors (Lipinski definition) is 1. The van der Waals surface area contributed by atoms with Crippen LogP contribution in [0, 0.1) is 6.92 Å². The maximum atomic E-state index is 4.71. The minimum absolute atomic E-state index is 0.822. The largest absolute Gasteiger partial charge is 0.372 e. The molecule has 1 N–H and O–H groups in total. The average Bonchev–Trinajstić information content (AvgIpc) is 3.03. The smallest absolute Gasteiger partial charge is 0.142 e. The van der Waals surface area contributed by atoms with Crippen molar-refractivity contribution in [2.45, 2.75) is 43.6 Å². The topological polar surface area (TPSA) is 37.8 Å². The van der Waals surface area contributed by atoms with E-state index in [9.17, 15) is 0 Å². The van der Waals surface area contributed by atoms with E-state index in [-0.39, 0.29) is 0 Å². The van der Waals surface area contributed by atoms with E-state index in [0.29, 0.717) is 0 Å². The van der Waals surface area contributed by atoms with Gasteiger partial charge in [0.05, 0.1) is 11.1 Å². The first-order chi connectivity index (χ1) is 9.26. The molecule has 0 aliphatic heterocycles. The summed E-state index contributed by atoms with van der Waals surface area (Å²) in [6, 6.07) is 2.17. The van der Waals surface area contributed by atoms with E-state index in [2.05, 4.69) is 23.3 Å². The molecule has 0 aromatic carbocycles. The average molecular weight is 293 g/mol. The van der Waals surface area contributed by atoms with Crippen LogP contribution in [0.3, 0.4) is 0 Å². The third-order valence-electron chi connectivity index (χ3n) is 3.55. The molecule has 2 aromatic heterocycles. The number of aromatic nitrogens is 2. The highest BCUT2D eigenvalue weighted by molar-refractivity contribution is 7.99. The molecule has 2 heterocycles. The van der Waals surface area contributed by atoms with Crippen LogP contribution in [0.2, 0.25) is 0 Å². The first-order valence-electron chi connectivity index (χ1n) is 6.82. The number of fused-ring (bicyclic) bond motifs is 1. The minimum Gasteiger partial charge on any atom is -0.372 e. The lowest BCUT2D eigenvalue weighted by molar-refractivity contribution is 0.886. The number of thiophene rings is 1. The number of hydrogen-bond acceptors (Lipinski definition) is 5. The molecule has 5 heteroatoms. The summed E-state index contributed by atoms with van der Waals surface area (Å²) in [5.74, 6) is 2.87. The predicted molar refractivity (Wildman–Crippen MR) is 85.2 cm³/mol. The maximum absolute atomic E-state index is 4.71. The second-order valence-corrected chi connectivity index (χ2v) is 7.56. The van der Waals surface area contributed by atoms with Gasteiger partial charge in [-0.3, -0.25) is 0 Å². The van der Waals surface area contributed by atoms with Gasteiger partial charge in [0.15, 0.2) is 0 Å². The van der Waals surface area contributed by atoms with Crippen LogP contribution in [-0.2, 0) is 5.75 Å². The second-order valence-electron chi connectivity index (χ2n) is 5.03. The molecule has 1 fully saturated rings. The summed E-state index contributed by atoms with van der Waals surface area (Å²) in [4.78, 5) is 11.8. The van der Waals surface area contributed by atoms with Gasteiger partial charge in [-0.1, -0.05) is 12.8 Å². The van der Waals surface area contributed by atoms with Crippen LogP contribution >= 0.6 is 23.1 Å². The predicted octanol–water partition coefficient (Wildman–Crippen LogP) is 4.22. The summed E-state index contributed by atoms with van der Waals surface area (Å²) < 4.78 is 0. The van der Waals surface area contributed by atoms with Crippen LogP contribution in [0.1, 0.15) is 36.4 Å². The summed E-state index contributed by atoms with van der Waals surface area (Å²) >= 11 is 3.78. The van der Waals surface area contributed by atoms with Crippen molar-refractivity contribution in [1.29, 1.82) is 0 Å². The van der Waals surface area contributed by atoms with Gasteiger partial charge in [-0.15, -0.1) is 11.3 Å². The van der Waals surface area contributed by atoms with Gasteiger partial charge in [-0.25, -0.2) is 9.97 Å². The zero-order valence-corrected chi connectivity index (χ0v) is 13.0. The summed E-state index contributed by atoms with van der Waals surface area (Å²) in [5.41, 5.74) is 0. The van der Waals surface area contributed by atoms with Crippen LogP contribution in [0.4, 0.5) is 5.82 Å². The number of nitrogens with zero attached hydrogens (tertiary/aromatic N) is 2. The molecule has 19 heavy (non-hydrogen) atoms. The quantitative estimate of drug-likeness (QED) is 0.916.